The number of hydrogen-bond donors (Lipinski definition) is 0. The highest BCUT2D eigenvalue weighted by Crippen LogP contribution is 2.47. The summed E-state index contributed by atoms with van der Waals surface area (Å²) in [6, 6.07) is 7.99. The summed E-state index contributed by atoms with van der Waals surface area (Å²) in [4.78, 5) is 7.10. The van der Waals surface area contributed by atoms with Gasteiger partial charge in [-0.05, 0) is 31.5 Å². The molecule has 2 aliphatic rings. The molecule has 1 aromatic rings. The van der Waals surface area contributed by atoms with Crippen molar-refractivity contribution < 1.29 is 18.3 Å². The standard InChI is InChI=1S/C16H23N2O4PS/c1-3-21-23(19,22-4-2)12-20-14-7-5-13(6-8-14)15-11-18-9-10-24-16(18)17-15/h5-8,15H,3-4,9-12H2,1-2H3/t15-/m1/s1. The first-order chi connectivity index (χ1) is 11.6. The minimum Gasteiger partial charge on any atom is -0.481 e. The van der Waals surface area contributed by atoms with E-state index >= 15 is 0 Å². The zero-order valence-electron chi connectivity index (χ0n) is 14.0. The monoisotopic (exact) mass is 370 g/mol. The van der Waals surface area contributed by atoms with Gasteiger partial charge in [-0.25, -0.2) is 0 Å². The van der Waals surface area contributed by atoms with Crippen LogP contribution in [0.2, 0.25) is 0 Å². The van der Waals surface area contributed by atoms with Gasteiger partial charge in [0.1, 0.15) is 5.75 Å². The number of nitrogens with zero attached hydrogens (tertiary/aromatic N) is 2. The lowest BCUT2D eigenvalue weighted by Crippen LogP contribution is -2.21. The van der Waals surface area contributed by atoms with Crippen molar-refractivity contribution in [2.75, 3.05) is 38.4 Å². The van der Waals surface area contributed by atoms with Crippen molar-refractivity contribution in [1.82, 2.24) is 4.90 Å². The quantitative estimate of drug-likeness (QED) is 0.650. The molecule has 0 unspecified atom stereocenters. The number of benzene rings is 1. The van der Waals surface area contributed by atoms with Crippen molar-refractivity contribution in [1.29, 1.82) is 0 Å². The molecule has 2 heterocycles. The molecule has 1 atom stereocenters. The third-order valence-electron chi connectivity index (χ3n) is 3.83. The summed E-state index contributed by atoms with van der Waals surface area (Å²) in [7, 11) is -3.18. The molecule has 1 saturated heterocycles. The summed E-state index contributed by atoms with van der Waals surface area (Å²) in [6.07, 6.45) is -0.0792. The lowest BCUT2D eigenvalue weighted by molar-refractivity contribution is 0.197. The van der Waals surface area contributed by atoms with Crippen LogP contribution in [0.4, 0.5) is 0 Å². The fourth-order valence-corrected chi connectivity index (χ4v) is 5.09. The normalized spacial score (nSPS) is 20.2. The molecule has 0 aliphatic carbocycles. The van der Waals surface area contributed by atoms with E-state index < -0.39 is 7.60 Å². The van der Waals surface area contributed by atoms with E-state index in [1.165, 1.54) is 5.56 Å². The number of aliphatic imine (C=N–C) groups is 1. The van der Waals surface area contributed by atoms with E-state index in [1.807, 2.05) is 36.0 Å². The fraction of sp³-hybridized carbons (Fsp3) is 0.562. The number of amidine groups is 1. The number of rotatable bonds is 8. The average molecular weight is 370 g/mol. The van der Waals surface area contributed by atoms with Crippen LogP contribution in [0.15, 0.2) is 29.3 Å². The summed E-state index contributed by atoms with van der Waals surface area (Å²) in [6.45, 7) is 6.27. The van der Waals surface area contributed by atoms with Crippen LogP contribution >= 0.6 is 19.4 Å². The van der Waals surface area contributed by atoms with Crippen LogP contribution in [0, 0.1) is 0 Å². The maximum absolute atomic E-state index is 12.4. The Labute approximate surface area is 147 Å². The van der Waals surface area contributed by atoms with Gasteiger partial charge in [-0.2, -0.15) is 0 Å². The summed E-state index contributed by atoms with van der Waals surface area (Å²) in [5.41, 5.74) is 1.17. The van der Waals surface area contributed by atoms with Gasteiger partial charge < -0.3 is 18.7 Å². The Balaban J connectivity index is 1.59. The first kappa shape index (κ1) is 17.8. The third-order valence-corrected chi connectivity index (χ3v) is 6.59. The molecule has 2 aliphatic heterocycles. The SMILES string of the molecule is CCOP(=O)(COc1ccc([C@H]2CN3CCSC3=N2)cc1)OCC. The van der Waals surface area contributed by atoms with Gasteiger partial charge in [-0.1, -0.05) is 23.9 Å². The maximum Gasteiger partial charge on any atom is 0.367 e. The highest BCUT2D eigenvalue weighted by atomic mass is 32.2. The van der Waals surface area contributed by atoms with E-state index in [0.29, 0.717) is 19.0 Å². The highest BCUT2D eigenvalue weighted by molar-refractivity contribution is 8.14. The third kappa shape index (κ3) is 4.14. The molecule has 1 fully saturated rings. The summed E-state index contributed by atoms with van der Waals surface area (Å²) in [5, 5.41) is 1.16. The Morgan fingerprint density at radius 2 is 1.96 bits per heavy atom. The van der Waals surface area contributed by atoms with E-state index in [1.54, 1.807) is 13.8 Å². The molecule has 0 amide bonds. The molecule has 0 radical (unpaired) electrons. The van der Waals surface area contributed by atoms with Crippen molar-refractivity contribution in [2.24, 2.45) is 4.99 Å². The molecule has 0 saturated carbocycles. The van der Waals surface area contributed by atoms with Crippen molar-refractivity contribution in [3.8, 4) is 5.75 Å². The molecule has 24 heavy (non-hydrogen) atoms. The molecule has 3 rings (SSSR count). The van der Waals surface area contributed by atoms with E-state index in [9.17, 15) is 4.57 Å². The number of ether oxygens (including phenoxy) is 1. The van der Waals surface area contributed by atoms with Gasteiger partial charge in [0.05, 0.1) is 19.3 Å². The van der Waals surface area contributed by atoms with Crippen molar-refractivity contribution in [3.63, 3.8) is 0 Å². The van der Waals surface area contributed by atoms with Crippen LogP contribution in [0.1, 0.15) is 25.5 Å². The maximum atomic E-state index is 12.4. The van der Waals surface area contributed by atoms with Crippen LogP contribution < -0.4 is 4.74 Å². The average Bonchev–Trinajstić information content (AvgIpc) is 3.16. The van der Waals surface area contributed by atoms with Crippen molar-refractivity contribution in [3.05, 3.63) is 29.8 Å². The van der Waals surface area contributed by atoms with Crippen LogP contribution in [0.5, 0.6) is 5.75 Å². The van der Waals surface area contributed by atoms with E-state index in [0.717, 1.165) is 24.0 Å². The second kappa shape index (κ2) is 7.91. The topological polar surface area (TPSA) is 60.4 Å². The molecular formula is C16H23N2O4PS. The van der Waals surface area contributed by atoms with Gasteiger partial charge in [0.25, 0.3) is 0 Å². The zero-order valence-corrected chi connectivity index (χ0v) is 15.7. The molecule has 132 valence electrons. The molecule has 6 nitrogen and oxygen atoms in total. The second-order valence-electron chi connectivity index (χ2n) is 5.51. The number of hydrogen-bond acceptors (Lipinski definition) is 7. The largest absolute Gasteiger partial charge is 0.481 e. The molecule has 0 bridgehead atoms. The lowest BCUT2D eigenvalue weighted by atomic mass is 10.1. The zero-order chi connectivity index (χ0) is 17.0. The Morgan fingerprint density at radius 3 is 2.58 bits per heavy atom. The Morgan fingerprint density at radius 1 is 1.25 bits per heavy atom. The summed E-state index contributed by atoms with van der Waals surface area (Å²) in [5.74, 6) is 1.79. The molecule has 8 heteroatoms. The predicted octanol–water partition coefficient (Wildman–Crippen LogP) is 3.75. The van der Waals surface area contributed by atoms with E-state index in [-0.39, 0.29) is 12.4 Å². The summed E-state index contributed by atoms with van der Waals surface area (Å²) < 4.78 is 28.4. The van der Waals surface area contributed by atoms with Gasteiger partial charge in [0.15, 0.2) is 11.5 Å². The van der Waals surface area contributed by atoms with Crippen LogP contribution in [-0.4, -0.2) is 48.5 Å². The second-order valence-corrected chi connectivity index (χ2v) is 8.57. The molecular weight excluding hydrogens is 347 g/mol. The fourth-order valence-electron chi connectivity index (χ4n) is 2.73. The van der Waals surface area contributed by atoms with E-state index in [4.69, 9.17) is 18.8 Å². The molecule has 0 aromatic heterocycles. The predicted molar refractivity (Wildman–Crippen MR) is 97.0 cm³/mol. The smallest absolute Gasteiger partial charge is 0.367 e. The van der Waals surface area contributed by atoms with Gasteiger partial charge in [-0.15, -0.1) is 0 Å². The van der Waals surface area contributed by atoms with Gasteiger partial charge in [0.2, 0.25) is 0 Å². The first-order valence-electron chi connectivity index (χ1n) is 8.20. The Bertz CT molecular complexity index is 627. The molecule has 1 aromatic carbocycles. The van der Waals surface area contributed by atoms with Crippen molar-refractivity contribution >= 4 is 24.5 Å². The van der Waals surface area contributed by atoms with Gasteiger partial charge in [-0.3, -0.25) is 9.56 Å². The minimum atomic E-state index is -3.18. The number of fused-ring (bicyclic) bond motifs is 1. The molecule has 0 spiro atoms. The number of thioether (sulfide) groups is 1. The minimum absolute atomic E-state index is 0.0792. The van der Waals surface area contributed by atoms with Gasteiger partial charge >= 0.3 is 7.60 Å². The molecule has 0 N–H and O–H groups in total. The van der Waals surface area contributed by atoms with Crippen LogP contribution in [-0.2, 0) is 13.6 Å². The van der Waals surface area contributed by atoms with Crippen LogP contribution in [0.25, 0.3) is 0 Å². The van der Waals surface area contributed by atoms with Crippen molar-refractivity contribution in [2.45, 2.75) is 19.9 Å². The summed E-state index contributed by atoms with van der Waals surface area (Å²) >= 11 is 1.83. The Hall–Kier alpha value is -1.01. The Kier molecular flexibility index (Phi) is 5.87. The lowest BCUT2D eigenvalue weighted by Gasteiger charge is -2.17. The van der Waals surface area contributed by atoms with Crippen LogP contribution in [0.3, 0.4) is 0 Å². The highest BCUT2D eigenvalue weighted by Gasteiger charge is 2.30. The van der Waals surface area contributed by atoms with E-state index in [2.05, 4.69) is 4.90 Å². The first-order valence-corrected chi connectivity index (χ1v) is 10.9. The van der Waals surface area contributed by atoms with Gasteiger partial charge in [0, 0.05) is 18.8 Å².